The highest BCUT2D eigenvalue weighted by Gasteiger charge is 2.36. The van der Waals surface area contributed by atoms with Gasteiger partial charge in [0.1, 0.15) is 5.65 Å². The Bertz CT molecular complexity index is 3080. The Morgan fingerprint density at radius 1 is 0.500 bits per heavy atom. The minimum Gasteiger partial charge on any atom is -0.294 e. The van der Waals surface area contributed by atoms with Crippen LogP contribution in [0.15, 0.2) is 176 Å². The van der Waals surface area contributed by atoms with Crippen LogP contribution in [-0.2, 0) is 5.41 Å². The van der Waals surface area contributed by atoms with Crippen LogP contribution >= 0.6 is 0 Å². The van der Waals surface area contributed by atoms with Crippen LogP contribution in [-0.4, -0.2) is 24.5 Å². The van der Waals surface area contributed by atoms with Crippen LogP contribution in [0.5, 0.6) is 0 Å². The highest BCUT2D eigenvalue weighted by molar-refractivity contribution is 6.08. The predicted molar refractivity (Wildman–Crippen MR) is 238 cm³/mol. The van der Waals surface area contributed by atoms with Crippen LogP contribution in [0, 0.1) is 0 Å². The van der Waals surface area contributed by atoms with Crippen LogP contribution in [0.1, 0.15) is 43.4 Å². The predicted octanol–water partition coefficient (Wildman–Crippen LogP) is 13.1. The van der Waals surface area contributed by atoms with Gasteiger partial charge in [-0.25, -0.2) is 19.9 Å². The van der Waals surface area contributed by atoms with E-state index in [0.717, 1.165) is 68.5 Å². The van der Waals surface area contributed by atoms with Gasteiger partial charge < -0.3 is 0 Å². The number of hydrogen-bond donors (Lipinski definition) is 0. The molecule has 9 aromatic rings. The number of nitrogens with zero attached hydrogens (tertiary/aromatic N) is 5. The van der Waals surface area contributed by atoms with Crippen molar-refractivity contribution in [3.8, 4) is 62.1 Å². The molecule has 0 bridgehead atoms. The third-order valence-electron chi connectivity index (χ3n) is 11.9. The monoisotopic (exact) mass is 745 g/mol. The maximum Gasteiger partial charge on any atom is 0.164 e. The number of allylic oxidation sites excluding steroid dienone is 4. The summed E-state index contributed by atoms with van der Waals surface area (Å²) in [5.41, 5.74) is 15.5. The third kappa shape index (κ3) is 5.61. The molecular weight excluding hydrogens is 707 g/mol. The van der Waals surface area contributed by atoms with E-state index in [2.05, 4.69) is 164 Å². The van der Waals surface area contributed by atoms with Crippen LogP contribution in [0.2, 0.25) is 0 Å². The fourth-order valence-corrected chi connectivity index (χ4v) is 8.96. The lowest BCUT2D eigenvalue weighted by Gasteiger charge is -2.23. The van der Waals surface area contributed by atoms with Gasteiger partial charge in [-0.15, -0.1) is 0 Å². The molecule has 0 aliphatic heterocycles. The summed E-state index contributed by atoms with van der Waals surface area (Å²) in [6, 6.07) is 53.9. The fourth-order valence-electron chi connectivity index (χ4n) is 8.96. The molecule has 11 rings (SSSR count). The van der Waals surface area contributed by atoms with Gasteiger partial charge in [-0.2, -0.15) is 0 Å². The van der Waals surface area contributed by atoms with Gasteiger partial charge in [0.05, 0.1) is 5.52 Å². The van der Waals surface area contributed by atoms with Gasteiger partial charge >= 0.3 is 0 Å². The minimum atomic E-state index is -0.277. The zero-order chi connectivity index (χ0) is 38.8. The van der Waals surface area contributed by atoms with E-state index in [0.29, 0.717) is 17.5 Å². The molecule has 0 saturated carbocycles. The average molecular weight is 746 g/mol. The van der Waals surface area contributed by atoms with Gasteiger partial charge in [-0.1, -0.05) is 129 Å². The van der Waals surface area contributed by atoms with Crippen LogP contribution in [0.4, 0.5) is 0 Å². The Kier molecular flexibility index (Phi) is 7.90. The molecule has 5 nitrogen and oxygen atoms in total. The van der Waals surface area contributed by atoms with Crippen molar-refractivity contribution in [2.75, 3.05) is 0 Å². The quantitative estimate of drug-likeness (QED) is 0.170. The van der Waals surface area contributed by atoms with E-state index in [1.54, 1.807) is 0 Å². The summed E-state index contributed by atoms with van der Waals surface area (Å²) < 4.78 is 2.30. The second-order valence-corrected chi connectivity index (χ2v) is 15.8. The molecule has 0 unspecified atom stereocenters. The number of rotatable bonds is 6. The smallest absolute Gasteiger partial charge is 0.164 e. The molecule has 58 heavy (non-hydrogen) atoms. The van der Waals surface area contributed by atoms with Gasteiger partial charge in [-0.05, 0) is 112 Å². The van der Waals surface area contributed by atoms with E-state index in [1.807, 2.05) is 30.5 Å². The van der Waals surface area contributed by atoms with Crippen molar-refractivity contribution in [2.24, 2.45) is 0 Å². The largest absolute Gasteiger partial charge is 0.294 e. The van der Waals surface area contributed by atoms with E-state index < -0.39 is 0 Å². The molecule has 0 atom stereocenters. The first kappa shape index (κ1) is 34.0. The first-order chi connectivity index (χ1) is 28.5. The van der Waals surface area contributed by atoms with Crippen LogP contribution < -0.4 is 0 Å². The lowest BCUT2D eigenvalue weighted by molar-refractivity contribution is 0.660. The van der Waals surface area contributed by atoms with Crippen molar-refractivity contribution in [2.45, 2.75) is 32.1 Å². The Balaban J connectivity index is 1.05. The summed E-state index contributed by atoms with van der Waals surface area (Å²) in [6.07, 6.45) is 10.8. The van der Waals surface area contributed by atoms with Crippen molar-refractivity contribution in [1.29, 1.82) is 0 Å². The SMILES string of the molecule is CC1(C)c2cc(-c3nc(-c4ccccc4)nc(-c4cc(C5=CCCC=C5)cc(-c5ccccc5)c4)n3)ccc2-c2ccc(-n3c4ccccc4c4cccnc43)cc21. The molecule has 276 valence electrons. The second kappa shape index (κ2) is 13.5. The summed E-state index contributed by atoms with van der Waals surface area (Å²) in [7, 11) is 0. The van der Waals surface area contributed by atoms with E-state index in [9.17, 15) is 0 Å². The number of para-hydroxylation sites is 1. The molecule has 3 aromatic heterocycles. The molecular formula is C53H39N5. The van der Waals surface area contributed by atoms with Gasteiger partial charge in [0.2, 0.25) is 0 Å². The Morgan fingerprint density at radius 3 is 1.91 bits per heavy atom. The molecule has 0 amide bonds. The van der Waals surface area contributed by atoms with Gasteiger partial charge in [0.15, 0.2) is 17.5 Å². The molecule has 0 fully saturated rings. The normalized spacial score (nSPS) is 14.1. The van der Waals surface area contributed by atoms with E-state index in [4.69, 9.17) is 19.9 Å². The van der Waals surface area contributed by atoms with E-state index in [1.165, 1.54) is 33.2 Å². The van der Waals surface area contributed by atoms with Crippen molar-refractivity contribution in [3.63, 3.8) is 0 Å². The Morgan fingerprint density at radius 2 is 1.14 bits per heavy atom. The molecule has 2 aliphatic carbocycles. The molecule has 0 saturated heterocycles. The average Bonchev–Trinajstić information content (AvgIpc) is 3.74. The third-order valence-corrected chi connectivity index (χ3v) is 11.9. The zero-order valence-corrected chi connectivity index (χ0v) is 32.4. The van der Waals surface area contributed by atoms with Crippen LogP contribution in [0.3, 0.4) is 0 Å². The maximum absolute atomic E-state index is 5.28. The number of fused-ring (bicyclic) bond motifs is 6. The highest BCUT2D eigenvalue weighted by atomic mass is 15.0. The lowest BCUT2D eigenvalue weighted by Crippen LogP contribution is -2.15. The Hall–Kier alpha value is -7.24. The number of aromatic nitrogens is 5. The zero-order valence-electron chi connectivity index (χ0n) is 32.4. The topological polar surface area (TPSA) is 56.5 Å². The summed E-state index contributed by atoms with van der Waals surface area (Å²) in [6.45, 7) is 4.66. The van der Waals surface area contributed by atoms with Gasteiger partial charge in [0.25, 0.3) is 0 Å². The molecule has 6 aromatic carbocycles. The second-order valence-electron chi connectivity index (χ2n) is 15.8. The number of benzene rings is 6. The molecule has 2 aliphatic rings. The maximum atomic E-state index is 5.28. The molecule has 5 heteroatoms. The fraction of sp³-hybridized carbons (Fsp3) is 0.0943. The summed E-state index contributed by atoms with van der Waals surface area (Å²) in [4.78, 5) is 20.5. The molecule has 0 spiro atoms. The van der Waals surface area contributed by atoms with Gasteiger partial charge in [0, 0.05) is 44.8 Å². The molecule has 0 radical (unpaired) electrons. The van der Waals surface area contributed by atoms with Crippen molar-refractivity contribution in [1.82, 2.24) is 24.5 Å². The first-order valence-corrected chi connectivity index (χ1v) is 20.0. The van der Waals surface area contributed by atoms with Crippen molar-refractivity contribution >= 4 is 27.5 Å². The Labute approximate surface area is 337 Å². The minimum absolute atomic E-state index is 0.277. The standard InChI is InChI=1S/C53H39N5/c1-53(2)46-32-37(24-26-42(46)43-27-25-41(33-47(43)53)58-48-23-13-12-21-44(48)45-22-14-28-54-52(45)58)50-55-49(36-19-10-5-11-20-36)56-51(57-50)40-30-38(34-15-6-3-7-16-34)29-39(31-40)35-17-8-4-9-18-35/h3,5-8,10-33H,4,9H2,1-2H3. The van der Waals surface area contributed by atoms with Crippen LogP contribution in [0.25, 0.3) is 89.6 Å². The molecule has 0 N–H and O–H groups in total. The number of pyridine rings is 1. The van der Waals surface area contributed by atoms with Crippen molar-refractivity contribution < 1.29 is 0 Å². The van der Waals surface area contributed by atoms with Gasteiger partial charge in [-0.3, -0.25) is 4.57 Å². The summed E-state index contributed by atoms with van der Waals surface area (Å²) in [5, 5.41) is 2.36. The molecule has 3 heterocycles. The highest BCUT2D eigenvalue weighted by Crippen LogP contribution is 2.50. The van der Waals surface area contributed by atoms with E-state index in [-0.39, 0.29) is 5.41 Å². The van der Waals surface area contributed by atoms with E-state index >= 15 is 0 Å². The lowest BCUT2D eigenvalue weighted by atomic mass is 9.82. The summed E-state index contributed by atoms with van der Waals surface area (Å²) >= 11 is 0. The first-order valence-electron chi connectivity index (χ1n) is 20.0. The number of hydrogen-bond acceptors (Lipinski definition) is 4. The van der Waals surface area contributed by atoms with Crippen molar-refractivity contribution in [3.05, 3.63) is 193 Å². The summed E-state index contributed by atoms with van der Waals surface area (Å²) in [5.74, 6) is 1.95.